The molecule has 0 amide bonds. The lowest BCUT2D eigenvalue weighted by Gasteiger charge is -2.32. The third-order valence-corrected chi connectivity index (χ3v) is 6.94. The third kappa shape index (κ3) is 4.69. The molecular formula is C24H35BN2O5. The van der Waals surface area contributed by atoms with Crippen molar-refractivity contribution < 1.29 is 23.5 Å². The fourth-order valence-corrected chi connectivity index (χ4v) is 4.03. The number of hydrogen-bond donors (Lipinski definition) is 2. The Kier molecular flexibility index (Phi) is 6.59. The molecule has 7 nitrogen and oxygen atoms in total. The average Bonchev–Trinajstić information content (AvgIpc) is 3.00. The second kappa shape index (κ2) is 9.10. The van der Waals surface area contributed by atoms with Crippen LogP contribution in [-0.4, -0.2) is 51.4 Å². The first-order valence-corrected chi connectivity index (χ1v) is 11.4. The van der Waals surface area contributed by atoms with Gasteiger partial charge in [-0.15, -0.1) is 0 Å². The van der Waals surface area contributed by atoms with Gasteiger partial charge < -0.3 is 34.6 Å². The minimum absolute atomic E-state index is 0.377. The van der Waals surface area contributed by atoms with Crippen LogP contribution in [0.25, 0.3) is 5.57 Å². The molecule has 3 aliphatic heterocycles. The van der Waals surface area contributed by atoms with Crippen LogP contribution in [0.4, 0.5) is 0 Å². The highest BCUT2D eigenvalue weighted by atomic mass is 16.7. The molecule has 8 heteroatoms. The molecular weight excluding hydrogens is 407 g/mol. The molecule has 2 fully saturated rings. The van der Waals surface area contributed by atoms with Crippen LogP contribution < -0.4 is 20.5 Å². The smallest absolute Gasteiger partial charge is 0.493 e. The van der Waals surface area contributed by atoms with Gasteiger partial charge in [0.15, 0.2) is 11.5 Å². The van der Waals surface area contributed by atoms with Crippen LogP contribution >= 0.6 is 0 Å². The first kappa shape index (κ1) is 23.2. The Hall–Kier alpha value is -2.00. The highest BCUT2D eigenvalue weighted by Crippen LogP contribution is 2.40. The predicted octanol–water partition coefficient (Wildman–Crippen LogP) is 3.29. The standard InChI is InChI=1S/C24H35BN2O5/c1-23(2)24(3,4)32-25(31-23)19-12-18(14-27-22(19)26)17-6-7-20(21(13-17)28-5)30-15-16-8-10-29-11-9-16/h6-7,12-14,16,22,27H,8-11,15,26H2,1-5H3. The van der Waals surface area contributed by atoms with Gasteiger partial charge >= 0.3 is 7.12 Å². The van der Waals surface area contributed by atoms with Gasteiger partial charge in [0.2, 0.25) is 0 Å². The van der Waals surface area contributed by atoms with E-state index in [0.29, 0.717) is 18.3 Å². The SMILES string of the molecule is COc1cc(C2=CNC(N)C(B3OC(C)(C)C(C)(C)O3)=C2)ccc1OCC1CCOCC1. The van der Waals surface area contributed by atoms with E-state index >= 15 is 0 Å². The highest BCUT2D eigenvalue weighted by molar-refractivity contribution is 6.55. The molecule has 1 unspecified atom stereocenters. The molecule has 3 aliphatic rings. The summed E-state index contributed by atoms with van der Waals surface area (Å²) >= 11 is 0. The van der Waals surface area contributed by atoms with Crippen LogP contribution in [0, 0.1) is 5.92 Å². The maximum Gasteiger partial charge on any atom is 0.494 e. The quantitative estimate of drug-likeness (QED) is 0.654. The molecule has 1 atom stereocenters. The van der Waals surface area contributed by atoms with Crippen LogP contribution in [0.1, 0.15) is 46.1 Å². The largest absolute Gasteiger partial charge is 0.494 e. The van der Waals surface area contributed by atoms with Crippen molar-refractivity contribution in [3.63, 3.8) is 0 Å². The van der Waals surface area contributed by atoms with Gasteiger partial charge in [-0.05, 0) is 75.2 Å². The zero-order valence-corrected chi connectivity index (χ0v) is 19.8. The Labute approximate surface area is 191 Å². The Bertz CT molecular complexity index is 876. The van der Waals surface area contributed by atoms with Gasteiger partial charge in [-0.25, -0.2) is 0 Å². The van der Waals surface area contributed by atoms with E-state index in [2.05, 4.69) is 5.32 Å². The molecule has 0 saturated carbocycles. The van der Waals surface area contributed by atoms with Crippen molar-refractivity contribution in [3.8, 4) is 11.5 Å². The van der Waals surface area contributed by atoms with E-state index in [9.17, 15) is 0 Å². The van der Waals surface area contributed by atoms with Gasteiger partial charge in [0, 0.05) is 19.4 Å². The van der Waals surface area contributed by atoms with Crippen molar-refractivity contribution in [1.29, 1.82) is 0 Å². The molecule has 0 spiro atoms. The van der Waals surface area contributed by atoms with Crippen molar-refractivity contribution in [1.82, 2.24) is 5.32 Å². The summed E-state index contributed by atoms with van der Waals surface area (Å²) in [7, 11) is 1.16. The monoisotopic (exact) mass is 442 g/mol. The molecule has 3 heterocycles. The van der Waals surface area contributed by atoms with Gasteiger partial charge in [-0.3, -0.25) is 0 Å². The average molecular weight is 442 g/mol. The summed E-state index contributed by atoms with van der Waals surface area (Å²) in [6.45, 7) is 10.4. The van der Waals surface area contributed by atoms with Gasteiger partial charge in [0.05, 0.1) is 31.1 Å². The van der Waals surface area contributed by atoms with Crippen molar-refractivity contribution in [2.45, 2.75) is 57.9 Å². The second-order valence-electron chi connectivity index (χ2n) is 9.71. The van der Waals surface area contributed by atoms with E-state index in [1.165, 1.54) is 0 Å². The number of hydrogen-bond acceptors (Lipinski definition) is 7. The highest BCUT2D eigenvalue weighted by Gasteiger charge is 2.53. The Morgan fingerprint density at radius 1 is 1.09 bits per heavy atom. The maximum absolute atomic E-state index is 6.33. The molecule has 3 N–H and O–H groups in total. The molecule has 0 aromatic heterocycles. The summed E-state index contributed by atoms with van der Waals surface area (Å²) in [6.07, 6.45) is 5.65. The first-order chi connectivity index (χ1) is 15.2. The number of benzene rings is 1. The number of nitrogens with one attached hydrogen (secondary N) is 1. The minimum Gasteiger partial charge on any atom is -0.493 e. The molecule has 0 radical (unpaired) electrons. The zero-order chi connectivity index (χ0) is 22.9. The molecule has 0 aliphatic carbocycles. The fourth-order valence-electron chi connectivity index (χ4n) is 4.03. The number of rotatable bonds is 6. The van der Waals surface area contributed by atoms with E-state index in [1.807, 2.05) is 58.2 Å². The molecule has 174 valence electrons. The summed E-state index contributed by atoms with van der Waals surface area (Å²) < 4.78 is 29.6. The van der Waals surface area contributed by atoms with E-state index in [0.717, 1.165) is 48.4 Å². The summed E-state index contributed by atoms with van der Waals surface area (Å²) in [6, 6.07) is 5.98. The van der Waals surface area contributed by atoms with Crippen molar-refractivity contribution in [2.75, 3.05) is 26.9 Å². The summed E-state index contributed by atoms with van der Waals surface area (Å²) in [5, 5.41) is 3.24. The van der Waals surface area contributed by atoms with Crippen molar-refractivity contribution >= 4 is 12.7 Å². The first-order valence-electron chi connectivity index (χ1n) is 11.4. The normalized spacial score (nSPS) is 25.1. The summed E-state index contributed by atoms with van der Waals surface area (Å²) in [5.41, 5.74) is 8.31. The number of nitrogens with two attached hydrogens (primary N) is 1. The molecule has 4 rings (SSSR count). The lowest BCUT2D eigenvalue weighted by atomic mass is 9.74. The Morgan fingerprint density at radius 3 is 2.44 bits per heavy atom. The van der Waals surface area contributed by atoms with Crippen LogP contribution in [0.3, 0.4) is 0 Å². The zero-order valence-electron chi connectivity index (χ0n) is 19.8. The topological polar surface area (TPSA) is 84.2 Å². The van der Waals surface area contributed by atoms with Gasteiger partial charge in [0.1, 0.15) is 0 Å². The van der Waals surface area contributed by atoms with E-state index in [4.69, 9.17) is 29.3 Å². The number of methoxy groups -OCH3 is 1. The second-order valence-corrected chi connectivity index (χ2v) is 9.71. The Balaban J connectivity index is 1.51. The molecule has 1 aromatic rings. The molecule has 1 aromatic carbocycles. The van der Waals surface area contributed by atoms with Crippen molar-refractivity contribution in [2.24, 2.45) is 11.7 Å². The lowest BCUT2D eigenvalue weighted by molar-refractivity contribution is 0.00578. The van der Waals surface area contributed by atoms with Crippen LogP contribution in [0.15, 0.2) is 35.9 Å². The summed E-state index contributed by atoms with van der Waals surface area (Å²) in [5.74, 6) is 1.97. The molecule has 0 bridgehead atoms. The van der Waals surface area contributed by atoms with E-state index in [1.54, 1.807) is 7.11 Å². The third-order valence-electron chi connectivity index (χ3n) is 6.94. The fraction of sp³-hybridized carbons (Fsp3) is 0.583. The molecule has 2 saturated heterocycles. The van der Waals surface area contributed by atoms with Gasteiger partial charge in [-0.1, -0.05) is 12.1 Å². The van der Waals surface area contributed by atoms with Crippen LogP contribution in [-0.2, 0) is 14.0 Å². The van der Waals surface area contributed by atoms with E-state index in [-0.39, 0.29) is 6.17 Å². The van der Waals surface area contributed by atoms with E-state index < -0.39 is 18.3 Å². The molecule has 32 heavy (non-hydrogen) atoms. The predicted molar refractivity (Wildman–Crippen MR) is 125 cm³/mol. The number of ether oxygens (including phenoxy) is 3. The van der Waals surface area contributed by atoms with Gasteiger partial charge in [-0.2, -0.15) is 0 Å². The number of allylic oxidation sites excluding steroid dienone is 2. The number of dihydropyridines is 1. The van der Waals surface area contributed by atoms with Crippen molar-refractivity contribution in [3.05, 3.63) is 41.5 Å². The summed E-state index contributed by atoms with van der Waals surface area (Å²) in [4.78, 5) is 0. The Morgan fingerprint density at radius 2 is 1.78 bits per heavy atom. The lowest BCUT2D eigenvalue weighted by Crippen LogP contribution is -2.44. The van der Waals surface area contributed by atoms with Crippen LogP contribution in [0.5, 0.6) is 11.5 Å². The van der Waals surface area contributed by atoms with Crippen LogP contribution in [0.2, 0.25) is 0 Å². The maximum atomic E-state index is 6.33. The minimum atomic E-state index is -0.504. The van der Waals surface area contributed by atoms with Gasteiger partial charge in [0.25, 0.3) is 0 Å².